The summed E-state index contributed by atoms with van der Waals surface area (Å²) in [5, 5.41) is 3.49. The van der Waals surface area contributed by atoms with Crippen molar-refractivity contribution in [1.29, 1.82) is 0 Å². The quantitative estimate of drug-likeness (QED) is 0.602. The molecule has 6 heteroatoms. The van der Waals surface area contributed by atoms with Crippen molar-refractivity contribution in [2.75, 3.05) is 33.9 Å². The van der Waals surface area contributed by atoms with Crippen molar-refractivity contribution in [3.8, 4) is 5.75 Å². The van der Waals surface area contributed by atoms with E-state index in [0.29, 0.717) is 13.2 Å². The molecule has 0 bridgehead atoms. The summed E-state index contributed by atoms with van der Waals surface area (Å²) in [6.45, 7) is 8.73. The molecule has 1 aromatic rings. The topological polar surface area (TPSA) is 72.1 Å². The van der Waals surface area contributed by atoms with E-state index in [1.165, 1.54) is 22.4 Å². The van der Waals surface area contributed by atoms with Gasteiger partial charge in [-0.2, -0.15) is 0 Å². The van der Waals surface area contributed by atoms with Crippen LogP contribution in [0.5, 0.6) is 5.75 Å². The molecule has 0 aromatic heterocycles. The average molecular weight is 389 g/mol. The summed E-state index contributed by atoms with van der Waals surface area (Å²) in [5.41, 5.74) is 11.0. The van der Waals surface area contributed by atoms with Gasteiger partial charge in [-0.05, 0) is 43.5 Å². The third kappa shape index (κ3) is 5.97. The molecule has 6 nitrogen and oxygen atoms in total. The lowest BCUT2D eigenvalue weighted by Crippen LogP contribution is -2.45. The summed E-state index contributed by atoms with van der Waals surface area (Å²) in [5.74, 6) is 1.83. The molecule has 1 aromatic carbocycles. The van der Waals surface area contributed by atoms with Crippen LogP contribution in [-0.2, 0) is 11.2 Å². The highest BCUT2D eigenvalue weighted by atomic mass is 16.5. The fraction of sp³-hybridized carbons (Fsp3) is 0.591. The van der Waals surface area contributed by atoms with Crippen LogP contribution in [0, 0.1) is 6.92 Å². The average Bonchev–Trinajstić information content (AvgIpc) is 2.68. The zero-order valence-corrected chi connectivity index (χ0v) is 18.0. The van der Waals surface area contributed by atoms with Crippen molar-refractivity contribution in [2.24, 2.45) is 10.7 Å². The number of unbranched alkanes of at least 4 members (excludes halogenated alkanes) is 1. The van der Waals surface area contributed by atoms with Gasteiger partial charge in [0.25, 0.3) is 0 Å². The molecular formula is C22H36N4O2. The fourth-order valence-corrected chi connectivity index (χ4v) is 3.17. The maximum absolute atomic E-state index is 6.18. The number of nitrogens with two attached hydrogens (primary N) is 1. The smallest absolute Gasteiger partial charge is 0.175 e. The SMILES string of the molecule is CCCCNC1=NC(N)N(C)C(C)=C1Cc1ccc(OCCCOC)cc1C. The van der Waals surface area contributed by atoms with Crippen LogP contribution in [0.2, 0.25) is 0 Å². The Morgan fingerprint density at radius 2 is 2.00 bits per heavy atom. The number of nitrogens with one attached hydrogen (secondary N) is 1. The largest absolute Gasteiger partial charge is 0.493 e. The third-order valence-electron chi connectivity index (χ3n) is 5.18. The first-order valence-corrected chi connectivity index (χ1v) is 10.2. The van der Waals surface area contributed by atoms with Gasteiger partial charge in [0.05, 0.1) is 6.61 Å². The lowest BCUT2D eigenvalue weighted by Gasteiger charge is -2.33. The molecule has 0 saturated heterocycles. The fourth-order valence-electron chi connectivity index (χ4n) is 3.17. The van der Waals surface area contributed by atoms with Gasteiger partial charge in [0.1, 0.15) is 11.6 Å². The first-order valence-electron chi connectivity index (χ1n) is 10.2. The highest BCUT2D eigenvalue weighted by molar-refractivity contribution is 6.00. The normalized spacial score (nSPS) is 17.0. The van der Waals surface area contributed by atoms with Crippen LogP contribution >= 0.6 is 0 Å². The summed E-state index contributed by atoms with van der Waals surface area (Å²) in [4.78, 5) is 6.71. The molecule has 0 fully saturated rings. The number of methoxy groups -OCH3 is 1. The molecule has 1 atom stereocenters. The summed E-state index contributed by atoms with van der Waals surface area (Å²) in [6.07, 6.45) is 3.63. The summed E-state index contributed by atoms with van der Waals surface area (Å²) >= 11 is 0. The Morgan fingerprint density at radius 3 is 2.68 bits per heavy atom. The number of hydrogen-bond donors (Lipinski definition) is 2. The van der Waals surface area contributed by atoms with Gasteiger partial charge in [-0.1, -0.05) is 19.4 Å². The lowest BCUT2D eigenvalue weighted by atomic mass is 9.97. The molecule has 1 heterocycles. The van der Waals surface area contributed by atoms with Gasteiger partial charge in [0, 0.05) is 51.4 Å². The Balaban J connectivity index is 2.13. The molecule has 2 rings (SSSR count). The van der Waals surface area contributed by atoms with Crippen molar-refractivity contribution in [3.05, 3.63) is 40.6 Å². The van der Waals surface area contributed by atoms with Crippen LogP contribution in [0.1, 0.15) is 44.2 Å². The number of hydrogen-bond acceptors (Lipinski definition) is 6. The van der Waals surface area contributed by atoms with Crippen molar-refractivity contribution < 1.29 is 9.47 Å². The van der Waals surface area contributed by atoms with Crippen LogP contribution in [0.4, 0.5) is 0 Å². The molecule has 28 heavy (non-hydrogen) atoms. The van der Waals surface area contributed by atoms with E-state index in [1.807, 2.05) is 18.0 Å². The van der Waals surface area contributed by atoms with Crippen LogP contribution in [-0.4, -0.2) is 50.9 Å². The zero-order valence-electron chi connectivity index (χ0n) is 18.0. The van der Waals surface area contributed by atoms with E-state index in [0.717, 1.165) is 43.8 Å². The predicted octanol–water partition coefficient (Wildman–Crippen LogP) is 3.20. The number of aliphatic imine (C=N–C) groups is 1. The molecule has 1 aliphatic heterocycles. The van der Waals surface area contributed by atoms with Crippen LogP contribution < -0.4 is 15.8 Å². The molecular weight excluding hydrogens is 352 g/mol. The Kier molecular flexibility index (Phi) is 8.80. The van der Waals surface area contributed by atoms with E-state index >= 15 is 0 Å². The summed E-state index contributed by atoms with van der Waals surface area (Å²) in [7, 11) is 3.70. The molecule has 0 saturated carbocycles. The van der Waals surface area contributed by atoms with Crippen molar-refractivity contribution in [1.82, 2.24) is 10.2 Å². The summed E-state index contributed by atoms with van der Waals surface area (Å²) < 4.78 is 10.9. The first-order chi connectivity index (χ1) is 13.5. The minimum absolute atomic E-state index is 0.336. The van der Waals surface area contributed by atoms with Crippen LogP contribution in [0.3, 0.4) is 0 Å². The van der Waals surface area contributed by atoms with Crippen molar-refractivity contribution >= 4 is 5.84 Å². The second-order valence-corrected chi connectivity index (χ2v) is 7.31. The molecule has 0 spiro atoms. The molecule has 0 aliphatic carbocycles. The van der Waals surface area contributed by atoms with Crippen LogP contribution in [0.15, 0.2) is 34.5 Å². The van der Waals surface area contributed by atoms with Gasteiger partial charge in [-0.25, -0.2) is 4.99 Å². The minimum atomic E-state index is -0.336. The number of aryl methyl sites for hydroxylation is 1. The van der Waals surface area contributed by atoms with Gasteiger partial charge >= 0.3 is 0 Å². The van der Waals surface area contributed by atoms with E-state index in [-0.39, 0.29) is 6.29 Å². The van der Waals surface area contributed by atoms with E-state index in [1.54, 1.807) is 7.11 Å². The number of allylic oxidation sites excluding steroid dienone is 1. The standard InChI is InChI=1S/C22H36N4O2/c1-6-7-11-24-21-20(17(3)26(4)22(23)25-21)15-18-9-10-19(14-16(18)2)28-13-8-12-27-5/h9-10,14,22H,6-8,11-13,15,23H2,1-5H3,(H,24,25). The third-order valence-corrected chi connectivity index (χ3v) is 5.18. The maximum Gasteiger partial charge on any atom is 0.175 e. The number of rotatable bonds is 10. The van der Waals surface area contributed by atoms with Crippen molar-refractivity contribution in [2.45, 2.75) is 52.7 Å². The van der Waals surface area contributed by atoms with E-state index < -0.39 is 0 Å². The molecule has 1 unspecified atom stereocenters. The minimum Gasteiger partial charge on any atom is -0.493 e. The van der Waals surface area contributed by atoms with Crippen molar-refractivity contribution in [3.63, 3.8) is 0 Å². The van der Waals surface area contributed by atoms with Gasteiger partial charge in [-0.15, -0.1) is 0 Å². The van der Waals surface area contributed by atoms with Gasteiger partial charge in [-0.3, -0.25) is 5.73 Å². The molecule has 0 radical (unpaired) electrons. The van der Waals surface area contributed by atoms with Gasteiger partial charge < -0.3 is 19.7 Å². The number of ether oxygens (including phenoxy) is 2. The molecule has 0 amide bonds. The highest BCUT2D eigenvalue weighted by Gasteiger charge is 2.23. The Morgan fingerprint density at radius 1 is 1.21 bits per heavy atom. The Hall–Kier alpha value is -2.05. The molecule has 156 valence electrons. The second kappa shape index (κ2) is 11.1. The second-order valence-electron chi connectivity index (χ2n) is 7.31. The molecule has 1 aliphatic rings. The Bertz CT molecular complexity index is 700. The predicted molar refractivity (Wildman–Crippen MR) is 116 cm³/mol. The lowest BCUT2D eigenvalue weighted by molar-refractivity contribution is 0.172. The summed E-state index contributed by atoms with van der Waals surface area (Å²) in [6, 6.07) is 6.31. The highest BCUT2D eigenvalue weighted by Crippen LogP contribution is 2.25. The van der Waals surface area contributed by atoms with Gasteiger partial charge in [0.15, 0.2) is 6.29 Å². The first kappa shape index (κ1) is 22.2. The number of amidine groups is 1. The molecule has 3 N–H and O–H groups in total. The maximum atomic E-state index is 6.18. The van der Waals surface area contributed by atoms with E-state index in [9.17, 15) is 0 Å². The zero-order chi connectivity index (χ0) is 20.5. The van der Waals surface area contributed by atoms with E-state index in [2.05, 4.69) is 43.2 Å². The Labute approximate surface area is 169 Å². The number of benzene rings is 1. The van der Waals surface area contributed by atoms with Gasteiger partial charge in [0.2, 0.25) is 0 Å². The van der Waals surface area contributed by atoms with Crippen LogP contribution in [0.25, 0.3) is 0 Å². The monoisotopic (exact) mass is 388 g/mol. The number of nitrogens with zero attached hydrogens (tertiary/aromatic N) is 2. The van der Waals surface area contributed by atoms with E-state index in [4.69, 9.17) is 15.2 Å².